The molecule has 0 bridgehead atoms. The normalized spacial score (nSPS) is 17.3. The van der Waals surface area contributed by atoms with E-state index in [0.29, 0.717) is 55.1 Å². The summed E-state index contributed by atoms with van der Waals surface area (Å²) in [6.45, 7) is 6.80. The number of dihydropyridines is 2. The summed E-state index contributed by atoms with van der Waals surface area (Å²) in [5.74, 6) is -4.07. The van der Waals surface area contributed by atoms with Crippen LogP contribution in [0.25, 0.3) is 0 Å². The van der Waals surface area contributed by atoms with Gasteiger partial charge < -0.3 is 29.6 Å². The van der Waals surface area contributed by atoms with Crippen LogP contribution in [0.2, 0.25) is 10.0 Å². The Morgan fingerprint density at radius 1 is 0.519 bits per heavy atom. The molecule has 2 aliphatic rings. The van der Waals surface area contributed by atoms with Gasteiger partial charge in [-0.25, -0.2) is 19.2 Å². The molecule has 5 rings (SSSR count). The minimum atomic E-state index is -0.814. The van der Waals surface area contributed by atoms with Crippen LogP contribution < -0.4 is 10.6 Å². The Kier molecular flexibility index (Phi) is 11.9. The van der Waals surface area contributed by atoms with Crippen molar-refractivity contribution in [3.63, 3.8) is 0 Å². The summed E-state index contributed by atoms with van der Waals surface area (Å²) >= 11 is 13.1. The number of hydrogen-bond donors (Lipinski definition) is 2. The molecule has 2 heterocycles. The number of hydrogen-bond acceptors (Lipinski definition) is 10. The van der Waals surface area contributed by atoms with E-state index in [4.69, 9.17) is 42.1 Å². The summed E-state index contributed by atoms with van der Waals surface area (Å²) in [5.41, 5.74) is 5.61. The summed E-state index contributed by atoms with van der Waals surface area (Å²) in [7, 11) is 2.56. The van der Waals surface area contributed by atoms with E-state index in [2.05, 4.69) is 10.6 Å². The fourth-order valence-electron chi connectivity index (χ4n) is 6.52. The number of carbonyl (C=O) groups excluding carboxylic acids is 4. The Labute approximate surface area is 312 Å². The van der Waals surface area contributed by atoms with Crippen molar-refractivity contribution in [2.75, 3.05) is 14.2 Å². The zero-order valence-corrected chi connectivity index (χ0v) is 31.0. The molecule has 0 aliphatic carbocycles. The molecule has 0 saturated heterocycles. The van der Waals surface area contributed by atoms with Crippen LogP contribution in [0.5, 0.6) is 0 Å². The summed E-state index contributed by atoms with van der Waals surface area (Å²) in [6, 6.07) is 21.0. The summed E-state index contributed by atoms with van der Waals surface area (Å²) < 4.78 is 21.7. The van der Waals surface area contributed by atoms with E-state index >= 15 is 0 Å². The van der Waals surface area contributed by atoms with Crippen molar-refractivity contribution in [1.29, 1.82) is 0 Å². The highest BCUT2D eigenvalue weighted by Crippen LogP contribution is 2.43. The van der Waals surface area contributed by atoms with Gasteiger partial charge in [0.1, 0.15) is 13.2 Å². The molecule has 3 aromatic carbocycles. The molecule has 12 heteroatoms. The summed E-state index contributed by atoms with van der Waals surface area (Å²) in [6.07, 6.45) is 0. The first kappa shape index (κ1) is 37.9. The van der Waals surface area contributed by atoms with Gasteiger partial charge in [0.05, 0.1) is 48.3 Å². The van der Waals surface area contributed by atoms with Crippen molar-refractivity contribution in [1.82, 2.24) is 10.6 Å². The average molecular weight is 746 g/mol. The number of nitrogens with one attached hydrogen (secondary N) is 2. The fourth-order valence-corrected chi connectivity index (χ4v) is 7.01. The number of halogens is 2. The lowest BCUT2D eigenvalue weighted by Crippen LogP contribution is -2.32. The standard InChI is InChI=1S/C40H38Cl2N2O8/c1-21-31(37(45)49-5)35(27-11-7-9-13-29(27)41)33(23(3)43-21)39(47)51-19-25-15-17-26(18-16-25)20-52-40(48)34-24(4)44-22(2)32(38(46)50-6)36(34)28-12-8-10-14-30(28)42/h7-18,35-36,43-44H,19-20H2,1-6H3. The van der Waals surface area contributed by atoms with E-state index in [1.807, 2.05) is 0 Å². The van der Waals surface area contributed by atoms with Crippen molar-refractivity contribution < 1.29 is 38.1 Å². The number of benzene rings is 3. The average Bonchev–Trinajstić information content (AvgIpc) is 3.12. The van der Waals surface area contributed by atoms with Crippen LogP contribution in [0.3, 0.4) is 0 Å². The van der Waals surface area contributed by atoms with Crippen molar-refractivity contribution in [2.45, 2.75) is 52.7 Å². The Hall–Kier alpha value is -5.32. The number of carbonyl (C=O) groups is 4. The third-order valence-corrected chi connectivity index (χ3v) is 9.65. The molecule has 52 heavy (non-hydrogen) atoms. The van der Waals surface area contributed by atoms with Gasteiger partial charge in [-0.05, 0) is 62.1 Å². The molecule has 0 saturated carbocycles. The third kappa shape index (κ3) is 7.78. The number of allylic oxidation sites excluding steroid dienone is 4. The van der Waals surface area contributed by atoms with Crippen LogP contribution in [0.15, 0.2) is 118 Å². The zero-order valence-electron chi connectivity index (χ0n) is 29.5. The van der Waals surface area contributed by atoms with E-state index < -0.39 is 35.7 Å². The van der Waals surface area contributed by atoms with E-state index in [-0.39, 0.29) is 35.5 Å². The number of methoxy groups -OCH3 is 2. The van der Waals surface area contributed by atoms with E-state index in [1.54, 1.807) is 100 Å². The van der Waals surface area contributed by atoms with Gasteiger partial charge in [0.2, 0.25) is 0 Å². The second-order valence-electron chi connectivity index (χ2n) is 12.3. The fraction of sp³-hybridized carbons (Fsp3) is 0.250. The molecule has 2 N–H and O–H groups in total. The molecule has 0 fully saturated rings. The van der Waals surface area contributed by atoms with Gasteiger partial charge in [0.25, 0.3) is 0 Å². The Balaban J connectivity index is 1.30. The largest absolute Gasteiger partial charge is 0.466 e. The van der Waals surface area contributed by atoms with Crippen LogP contribution >= 0.6 is 23.2 Å². The number of rotatable bonds is 10. The lowest BCUT2D eigenvalue weighted by molar-refractivity contribution is -0.142. The number of esters is 4. The lowest BCUT2D eigenvalue weighted by atomic mass is 9.80. The van der Waals surface area contributed by atoms with Crippen molar-refractivity contribution in [3.8, 4) is 0 Å². The monoisotopic (exact) mass is 744 g/mol. The molecule has 10 nitrogen and oxygen atoms in total. The van der Waals surface area contributed by atoms with Crippen molar-refractivity contribution in [3.05, 3.63) is 150 Å². The quantitative estimate of drug-likeness (QED) is 0.161. The SMILES string of the molecule is COC(=O)C1=C(C)NC(C)=C(C(=O)OCc2ccc(COC(=O)C3=C(C)NC(C)=C(C(=O)OC)C3c3ccccc3Cl)cc2)C1c1ccccc1Cl. The third-order valence-electron chi connectivity index (χ3n) is 8.97. The van der Waals surface area contributed by atoms with Gasteiger partial charge in [-0.15, -0.1) is 0 Å². The highest BCUT2D eigenvalue weighted by atomic mass is 35.5. The van der Waals surface area contributed by atoms with Crippen molar-refractivity contribution >= 4 is 47.1 Å². The first-order valence-corrected chi connectivity index (χ1v) is 17.1. The maximum Gasteiger partial charge on any atom is 0.337 e. The minimum Gasteiger partial charge on any atom is -0.466 e. The molecule has 2 aliphatic heterocycles. The molecule has 0 aromatic heterocycles. The second kappa shape index (κ2) is 16.4. The van der Waals surface area contributed by atoms with Crippen LogP contribution in [-0.2, 0) is 51.3 Å². The van der Waals surface area contributed by atoms with Crippen LogP contribution in [0.4, 0.5) is 0 Å². The molecule has 2 atom stereocenters. The van der Waals surface area contributed by atoms with E-state index in [0.717, 1.165) is 0 Å². The molecule has 3 aromatic rings. The van der Waals surface area contributed by atoms with Gasteiger partial charge >= 0.3 is 23.9 Å². The highest BCUT2D eigenvalue weighted by Gasteiger charge is 2.40. The number of ether oxygens (including phenoxy) is 4. The first-order valence-electron chi connectivity index (χ1n) is 16.3. The van der Waals surface area contributed by atoms with E-state index in [9.17, 15) is 19.2 Å². The Morgan fingerprint density at radius 3 is 1.13 bits per heavy atom. The highest BCUT2D eigenvalue weighted by molar-refractivity contribution is 6.32. The predicted molar refractivity (Wildman–Crippen MR) is 196 cm³/mol. The van der Waals surface area contributed by atoms with Crippen LogP contribution in [0, 0.1) is 0 Å². The molecule has 0 amide bonds. The van der Waals surface area contributed by atoms with Gasteiger partial charge in [-0.2, -0.15) is 0 Å². The Bertz CT molecular complexity index is 1920. The van der Waals surface area contributed by atoms with Gasteiger partial charge in [0.15, 0.2) is 0 Å². The van der Waals surface area contributed by atoms with Crippen molar-refractivity contribution in [2.24, 2.45) is 0 Å². The summed E-state index contributed by atoms with van der Waals surface area (Å²) in [4.78, 5) is 53.2. The predicted octanol–water partition coefficient (Wildman–Crippen LogP) is 7.30. The molecule has 0 radical (unpaired) electrons. The topological polar surface area (TPSA) is 129 Å². The molecule has 2 unspecified atom stereocenters. The lowest BCUT2D eigenvalue weighted by Gasteiger charge is -2.30. The molecular formula is C40H38Cl2N2O8. The molecule has 0 spiro atoms. The second-order valence-corrected chi connectivity index (χ2v) is 13.1. The van der Waals surface area contributed by atoms with Gasteiger partial charge in [-0.1, -0.05) is 83.9 Å². The van der Waals surface area contributed by atoms with Gasteiger partial charge in [-0.3, -0.25) is 0 Å². The zero-order chi connectivity index (χ0) is 37.7. The molecular weight excluding hydrogens is 707 g/mol. The molecule has 270 valence electrons. The Morgan fingerprint density at radius 2 is 0.827 bits per heavy atom. The maximum atomic E-state index is 13.7. The van der Waals surface area contributed by atoms with Crippen LogP contribution in [-0.4, -0.2) is 38.1 Å². The van der Waals surface area contributed by atoms with Gasteiger partial charge in [0, 0.05) is 32.8 Å². The minimum absolute atomic E-state index is 0.0690. The maximum absolute atomic E-state index is 13.7. The smallest absolute Gasteiger partial charge is 0.337 e. The van der Waals surface area contributed by atoms with E-state index in [1.165, 1.54) is 14.2 Å². The summed E-state index contributed by atoms with van der Waals surface area (Å²) in [5, 5.41) is 7.00. The van der Waals surface area contributed by atoms with Crippen LogP contribution in [0.1, 0.15) is 61.8 Å². The first-order chi connectivity index (χ1) is 24.9.